The molecular formula is C7H22N3NaO2S2. The Morgan fingerprint density at radius 3 is 1.27 bits per heavy atom. The predicted octanol–water partition coefficient (Wildman–Crippen LogP) is -1.69. The molecule has 4 N–H and O–H groups in total. The SMILES string of the molecule is C.CCN(C)C.NC(=O)S.NC(=O)S.[H-].[Na+]. The Morgan fingerprint density at radius 1 is 1.20 bits per heavy atom. The van der Waals surface area contributed by atoms with Gasteiger partial charge in [0.05, 0.1) is 0 Å². The average molecular weight is 267 g/mol. The van der Waals surface area contributed by atoms with E-state index in [4.69, 9.17) is 9.59 Å². The van der Waals surface area contributed by atoms with Crippen LogP contribution in [-0.4, -0.2) is 36.0 Å². The van der Waals surface area contributed by atoms with Crippen LogP contribution in [0.3, 0.4) is 0 Å². The molecule has 0 rings (SSSR count). The molecule has 90 valence electrons. The summed E-state index contributed by atoms with van der Waals surface area (Å²) in [5, 5.41) is -1.28. The summed E-state index contributed by atoms with van der Waals surface area (Å²) in [5.74, 6) is 0. The molecule has 0 aliphatic rings. The minimum absolute atomic E-state index is 0. The van der Waals surface area contributed by atoms with E-state index in [0.29, 0.717) is 0 Å². The van der Waals surface area contributed by atoms with E-state index < -0.39 is 10.5 Å². The minimum Gasteiger partial charge on any atom is -1.00 e. The monoisotopic (exact) mass is 267 g/mol. The van der Waals surface area contributed by atoms with E-state index in [1.54, 1.807) is 0 Å². The number of carbonyl (C=O) groups is 2. The predicted molar refractivity (Wildman–Crippen MR) is 69.2 cm³/mol. The molecule has 0 aliphatic carbocycles. The number of rotatable bonds is 1. The van der Waals surface area contributed by atoms with Gasteiger partial charge in [0, 0.05) is 0 Å². The smallest absolute Gasteiger partial charge is 1.00 e. The van der Waals surface area contributed by atoms with Gasteiger partial charge in [-0.3, -0.25) is 9.59 Å². The number of hydrogen-bond acceptors (Lipinski definition) is 3. The molecule has 2 amide bonds. The van der Waals surface area contributed by atoms with Crippen molar-refractivity contribution in [2.45, 2.75) is 14.4 Å². The van der Waals surface area contributed by atoms with Crippen molar-refractivity contribution in [1.82, 2.24) is 4.90 Å². The number of amides is 2. The summed E-state index contributed by atoms with van der Waals surface area (Å²) in [4.78, 5) is 20.3. The first kappa shape index (κ1) is 29.6. The molecule has 0 unspecified atom stereocenters. The first-order chi connectivity index (χ1) is 5.73. The van der Waals surface area contributed by atoms with Crippen molar-refractivity contribution in [3.8, 4) is 0 Å². The van der Waals surface area contributed by atoms with Gasteiger partial charge in [-0.05, 0) is 20.6 Å². The molecule has 0 aromatic heterocycles. The van der Waals surface area contributed by atoms with Crippen LogP contribution in [0.4, 0.5) is 9.59 Å². The summed E-state index contributed by atoms with van der Waals surface area (Å²) in [6.45, 7) is 3.26. The number of thiol groups is 2. The Kier molecular flexibility index (Phi) is 47.4. The van der Waals surface area contributed by atoms with Crippen molar-refractivity contribution in [3.63, 3.8) is 0 Å². The maximum Gasteiger partial charge on any atom is 1.00 e. The second-order valence-corrected chi connectivity index (χ2v) is 2.95. The maximum atomic E-state index is 9.09. The summed E-state index contributed by atoms with van der Waals surface area (Å²) in [6.07, 6.45) is 0. The zero-order valence-electron chi connectivity index (χ0n) is 10.0. The van der Waals surface area contributed by atoms with Crippen LogP contribution in [-0.2, 0) is 0 Å². The van der Waals surface area contributed by atoms with Crippen LogP contribution >= 0.6 is 25.3 Å². The van der Waals surface area contributed by atoms with Gasteiger partial charge >= 0.3 is 29.6 Å². The number of primary amides is 2. The Hall–Kier alpha value is 0.600. The topological polar surface area (TPSA) is 89.4 Å². The van der Waals surface area contributed by atoms with Crippen molar-refractivity contribution < 1.29 is 40.6 Å². The molecule has 5 nitrogen and oxygen atoms in total. The van der Waals surface area contributed by atoms with Gasteiger partial charge in [-0.1, -0.05) is 39.6 Å². The largest absolute Gasteiger partial charge is 1.00 e. The summed E-state index contributed by atoms with van der Waals surface area (Å²) in [6, 6.07) is 0. The summed E-state index contributed by atoms with van der Waals surface area (Å²) < 4.78 is 0. The molecule has 0 spiro atoms. The molecule has 0 fully saturated rings. The normalized spacial score (nSPS) is 6.53. The third-order valence-electron chi connectivity index (χ3n) is 0.632. The van der Waals surface area contributed by atoms with Crippen LogP contribution < -0.4 is 41.0 Å². The molecule has 0 saturated carbocycles. The van der Waals surface area contributed by atoms with Crippen LogP contribution in [0.15, 0.2) is 0 Å². The van der Waals surface area contributed by atoms with E-state index in [9.17, 15) is 0 Å². The first-order valence-electron chi connectivity index (χ1n) is 3.35. The van der Waals surface area contributed by atoms with Gasteiger partial charge in [-0.15, -0.1) is 0 Å². The number of carbonyl (C=O) groups excluding carboxylic acids is 2. The Bertz CT molecular complexity index is 134. The van der Waals surface area contributed by atoms with E-state index in [2.05, 4.69) is 62.6 Å². The summed E-state index contributed by atoms with van der Waals surface area (Å²) in [5.41, 5.74) is 8.67. The van der Waals surface area contributed by atoms with Gasteiger partial charge in [-0.25, -0.2) is 0 Å². The summed E-state index contributed by atoms with van der Waals surface area (Å²) >= 11 is 6.21. The second-order valence-electron chi connectivity index (χ2n) is 2.07. The standard InChI is InChI=1S/C4H11N.2CH3NOS.CH4.Na.H/c1-4-5(2)3;2*2-1(3)4;;;/h4H2,1-3H3;2*(H3,2,3,4);1H4;;/q;;;;+1;-1. The fourth-order valence-corrected chi connectivity index (χ4v) is 0. The molecule has 8 heteroatoms. The van der Waals surface area contributed by atoms with Crippen molar-refractivity contribution in [3.05, 3.63) is 0 Å². The molecule has 0 radical (unpaired) electrons. The van der Waals surface area contributed by atoms with Crippen LogP contribution in [0.2, 0.25) is 0 Å². The molecule has 0 aromatic carbocycles. The number of nitrogens with two attached hydrogens (primary N) is 2. The Balaban J connectivity index is -0.0000000216. The number of hydrogen-bond donors (Lipinski definition) is 4. The maximum absolute atomic E-state index is 9.09. The second kappa shape index (κ2) is 24.0. The fourth-order valence-electron chi connectivity index (χ4n) is 0. The zero-order chi connectivity index (χ0) is 11.4. The van der Waals surface area contributed by atoms with Crippen LogP contribution in [0.1, 0.15) is 15.8 Å². The van der Waals surface area contributed by atoms with Gasteiger partial charge in [0.15, 0.2) is 0 Å². The van der Waals surface area contributed by atoms with E-state index in [1.807, 2.05) is 0 Å². The zero-order valence-corrected chi connectivity index (χ0v) is 12.8. The first-order valence-corrected chi connectivity index (χ1v) is 4.25. The Morgan fingerprint density at radius 2 is 1.27 bits per heavy atom. The molecule has 0 aromatic rings. The van der Waals surface area contributed by atoms with Crippen molar-refractivity contribution >= 4 is 35.7 Å². The van der Waals surface area contributed by atoms with Crippen LogP contribution in [0.25, 0.3) is 0 Å². The number of nitrogens with zero attached hydrogens (tertiary/aromatic N) is 1. The third-order valence-corrected chi connectivity index (χ3v) is 0.632. The van der Waals surface area contributed by atoms with Crippen molar-refractivity contribution in [2.24, 2.45) is 11.5 Å². The summed E-state index contributed by atoms with van der Waals surface area (Å²) in [7, 11) is 4.11. The molecule has 0 bridgehead atoms. The van der Waals surface area contributed by atoms with E-state index in [0.717, 1.165) is 6.54 Å². The minimum atomic E-state index is -0.639. The molecule has 0 aliphatic heterocycles. The average Bonchev–Trinajstić information content (AvgIpc) is 1.84. The van der Waals surface area contributed by atoms with E-state index in [1.165, 1.54) is 0 Å². The van der Waals surface area contributed by atoms with Crippen LogP contribution in [0, 0.1) is 0 Å². The molecular weight excluding hydrogens is 245 g/mol. The quantitative estimate of drug-likeness (QED) is 0.338. The van der Waals surface area contributed by atoms with Crippen molar-refractivity contribution in [1.29, 1.82) is 0 Å². The molecule has 0 saturated heterocycles. The molecule has 0 heterocycles. The van der Waals surface area contributed by atoms with E-state index in [-0.39, 0.29) is 38.4 Å². The van der Waals surface area contributed by atoms with Gasteiger partial charge < -0.3 is 17.8 Å². The van der Waals surface area contributed by atoms with Gasteiger partial charge in [-0.2, -0.15) is 0 Å². The van der Waals surface area contributed by atoms with Gasteiger partial charge in [0.2, 0.25) is 0 Å². The van der Waals surface area contributed by atoms with Crippen LogP contribution in [0.5, 0.6) is 0 Å². The van der Waals surface area contributed by atoms with Crippen molar-refractivity contribution in [2.75, 3.05) is 20.6 Å². The van der Waals surface area contributed by atoms with Gasteiger partial charge in [0.1, 0.15) is 0 Å². The van der Waals surface area contributed by atoms with Gasteiger partial charge in [0.25, 0.3) is 10.5 Å². The third kappa shape index (κ3) is 343. The molecule has 0 atom stereocenters. The Labute approximate surface area is 127 Å². The van der Waals surface area contributed by atoms with E-state index >= 15 is 0 Å². The fraction of sp³-hybridized carbons (Fsp3) is 0.714. The molecule has 15 heavy (non-hydrogen) atoms.